The molecule has 0 radical (unpaired) electrons. The van der Waals surface area contributed by atoms with Crippen LogP contribution >= 0.6 is 0 Å². The van der Waals surface area contributed by atoms with Crippen LogP contribution in [-0.2, 0) is 14.3 Å². The van der Waals surface area contributed by atoms with E-state index < -0.39 is 17.9 Å². The first kappa shape index (κ1) is 19.2. The van der Waals surface area contributed by atoms with Gasteiger partial charge in [0.2, 0.25) is 5.91 Å². The number of hydrogen-bond donors (Lipinski definition) is 2. The van der Waals surface area contributed by atoms with Gasteiger partial charge in [-0.05, 0) is 31.4 Å². The summed E-state index contributed by atoms with van der Waals surface area (Å²) < 4.78 is 4.71. The van der Waals surface area contributed by atoms with Crippen LogP contribution in [0.4, 0.5) is 5.69 Å². The summed E-state index contributed by atoms with van der Waals surface area (Å²) >= 11 is 0. The Hall–Kier alpha value is -2.88. The molecule has 0 aliphatic carbocycles. The molecule has 2 N–H and O–H groups in total. The Morgan fingerprint density at radius 3 is 2.58 bits per heavy atom. The van der Waals surface area contributed by atoms with Gasteiger partial charge in [0, 0.05) is 13.3 Å². The number of ether oxygens (including phenoxy) is 1. The number of benzene rings is 1. The van der Waals surface area contributed by atoms with Gasteiger partial charge in [-0.15, -0.1) is 0 Å². The van der Waals surface area contributed by atoms with E-state index in [1.54, 1.807) is 24.3 Å². The van der Waals surface area contributed by atoms with Crippen molar-refractivity contribution >= 4 is 23.5 Å². The number of nitriles is 1. The maximum absolute atomic E-state index is 12.4. The first-order valence-electron chi connectivity index (χ1n) is 7.61. The molecule has 0 unspecified atom stereocenters. The molecule has 1 atom stereocenters. The van der Waals surface area contributed by atoms with E-state index in [9.17, 15) is 14.4 Å². The monoisotopic (exact) mass is 331 g/mol. The molecule has 1 aromatic carbocycles. The molecule has 24 heavy (non-hydrogen) atoms. The molecule has 7 nitrogen and oxygen atoms in total. The first-order valence-corrected chi connectivity index (χ1v) is 7.61. The van der Waals surface area contributed by atoms with Gasteiger partial charge in [0.1, 0.15) is 6.04 Å². The molecule has 0 spiro atoms. The van der Waals surface area contributed by atoms with Crippen LogP contribution in [0.15, 0.2) is 24.3 Å². The normalized spacial score (nSPS) is 11.0. The molecule has 7 heteroatoms. The van der Waals surface area contributed by atoms with Crippen LogP contribution in [0, 0.1) is 11.3 Å². The smallest absolute Gasteiger partial charge is 0.328 e. The van der Waals surface area contributed by atoms with E-state index in [1.165, 1.54) is 14.0 Å². The van der Waals surface area contributed by atoms with Crippen molar-refractivity contribution in [1.82, 2.24) is 5.32 Å². The van der Waals surface area contributed by atoms with Gasteiger partial charge in [0.05, 0.1) is 24.4 Å². The highest BCUT2D eigenvalue weighted by Gasteiger charge is 2.23. The first-order chi connectivity index (χ1) is 11.5. The van der Waals surface area contributed by atoms with E-state index in [2.05, 4.69) is 10.6 Å². The molecule has 0 saturated carbocycles. The number of hydrogen-bond acceptors (Lipinski definition) is 5. The highest BCUT2D eigenvalue weighted by molar-refractivity contribution is 6.04. The van der Waals surface area contributed by atoms with Crippen molar-refractivity contribution < 1.29 is 19.1 Å². The van der Waals surface area contributed by atoms with Crippen molar-refractivity contribution in [3.05, 3.63) is 29.8 Å². The number of unbranched alkanes of at least 4 members (excludes halogenated alkanes) is 2. The largest absolute Gasteiger partial charge is 0.467 e. The molecule has 0 aliphatic heterocycles. The molecule has 1 aromatic rings. The van der Waals surface area contributed by atoms with Crippen molar-refractivity contribution in [1.29, 1.82) is 5.26 Å². The lowest BCUT2D eigenvalue weighted by Crippen LogP contribution is -2.41. The van der Waals surface area contributed by atoms with Gasteiger partial charge in [-0.25, -0.2) is 4.79 Å². The summed E-state index contributed by atoms with van der Waals surface area (Å²) in [6.07, 6.45) is 2.03. The highest BCUT2D eigenvalue weighted by atomic mass is 16.5. The fraction of sp³-hybridized carbons (Fsp3) is 0.412. The van der Waals surface area contributed by atoms with E-state index in [-0.39, 0.29) is 11.5 Å². The van der Waals surface area contributed by atoms with Crippen molar-refractivity contribution in [2.24, 2.45) is 0 Å². The SMILES string of the molecule is COC(=O)[C@@H](CCCCC#N)NC(=O)c1ccccc1NC(C)=O. The van der Waals surface area contributed by atoms with Crippen molar-refractivity contribution in [2.75, 3.05) is 12.4 Å². The zero-order valence-corrected chi connectivity index (χ0v) is 13.8. The summed E-state index contributed by atoms with van der Waals surface area (Å²) in [4.78, 5) is 35.5. The third kappa shape index (κ3) is 6.08. The molecule has 0 heterocycles. The average molecular weight is 331 g/mol. The molecular formula is C17H21N3O4. The second kappa shape index (κ2) is 10.0. The summed E-state index contributed by atoms with van der Waals surface area (Å²) in [7, 11) is 1.25. The van der Waals surface area contributed by atoms with E-state index in [0.29, 0.717) is 31.4 Å². The minimum absolute atomic E-state index is 0.263. The second-order valence-corrected chi connectivity index (χ2v) is 5.18. The molecule has 0 aliphatic rings. The summed E-state index contributed by atoms with van der Waals surface area (Å²) in [5.74, 6) is -1.32. The minimum atomic E-state index is -0.799. The average Bonchev–Trinajstić information content (AvgIpc) is 2.56. The third-order valence-electron chi connectivity index (χ3n) is 3.30. The van der Waals surface area contributed by atoms with Crippen LogP contribution in [0.2, 0.25) is 0 Å². The topological polar surface area (TPSA) is 108 Å². The second-order valence-electron chi connectivity index (χ2n) is 5.18. The number of anilines is 1. The Labute approximate surface area is 141 Å². The summed E-state index contributed by atoms with van der Waals surface area (Å²) in [6, 6.07) is 7.76. The highest BCUT2D eigenvalue weighted by Crippen LogP contribution is 2.16. The van der Waals surface area contributed by atoms with E-state index in [0.717, 1.165) is 0 Å². The number of carbonyl (C=O) groups is 3. The predicted molar refractivity (Wildman–Crippen MR) is 88.1 cm³/mol. The quantitative estimate of drug-likeness (QED) is 0.559. The number of nitrogens with one attached hydrogen (secondary N) is 2. The van der Waals surface area contributed by atoms with Crippen LogP contribution in [-0.4, -0.2) is 30.9 Å². The van der Waals surface area contributed by atoms with Gasteiger partial charge in [-0.3, -0.25) is 9.59 Å². The zero-order valence-electron chi connectivity index (χ0n) is 13.8. The Kier molecular flexibility index (Phi) is 7.99. The van der Waals surface area contributed by atoms with Crippen LogP contribution in [0.25, 0.3) is 0 Å². The minimum Gasteiger partial charge on any atom is -0.467 e. The van der Waals surface area contributed by atoms with Crippen molar-refractivity contribution in [2.45, 2.75) is 38.6 Å². The Bertz CT molecular complexity index is 637. The summed E-state index contributed by atoms with van der Waals surface area (Å²) in [6.45, 7) is 1.35. The summed E-state index contributed by atoms with van der Waals surface area (Å²) in [5, 5.41) is 13.7. The molecule has 0 saturated heterocycles. The van der Waals surface area contributed by atoms with Gasteiger partial charge >= 0.3 is 5.97 Å². The van der Waals surface area contributed by atoms with E-state index >= 15 is 0 Å². The van der Waals surface area contributed by atoms with E-state index in [1.807, 2.05) is 6.07 Å². The number of para-hydroxylation sites is 1. The fourth-order valence-electron chi connectivity index (χ4n) is 2.16. The lowest BCUT2D eigenvalue weighted by atomic mass is 10.1. The number of esters is 1. The maximum Gasteiger partial charge on any atom is 0.328 e. The van der Waals surface area contributed by atoms with Gasteiger partial charge in [-0.2, -0.15) is 5.26 Å². The van der Waals surface area contributed by atoms with Crippen LogP contribution < -0.4 is 10.6 Å². The third-order valence-corrected chi connectivity index (χ3v) is 3.30. The molecule has 128 valence electrons. The molecule has 2 amide bonds. The number of methoxy groups -OCH3 is 1. The Morgan fingerprint density at radius 2 is 1.96 bits per heavy atom. The predicted octanol–water partition coefficient (Wildman–Crippen LogP) is 2.00. The Balaban J connectivity index is 2.82. The molecule has 0 bridgehead atoms. The number of carbonyl (C=O) groups excluding carboxylic acids is 3. The standard InChI is InChI=1S/C17H21N3O4/c1-12(21)19-14-9-6-5-8-13(14)16(22)20-15(17(23)24-2)10-4-3-7-11-18/h5-6,8-9,15H,3-4,7,10H2,1-2H3,(H,19,21)(H,20,22)/t15-/m1/s1. The molecule has 0 fully saturated rings. The van der Waals surface area contributed by atoms with Crippen molar-refractivity contribution in [3.8, 4) is 6.07 Å². The fourth-order valence-corrected chi connectivity index (χ4v) is 2.16. The molecule has 0 aromatic heterocycles. The van der Waals surface area contributed by atoms with Gasteiger partial charge in [-0.1, -0.05) is 12.1 Å². The van der Waals surface area contributed by atoms with E-state index in [4.69, 9.17) is 10.00 Å². The lowest BCUT2D eigenvalue weighted by Gasteiger charge is -2.17. The molecular weight excluding hydrogens is 310 g/mol. The number of rotatable bonds is 8. The number of amides is 2. The summed E-state index contributed by atoms with van der Waals surface area (Å²) in [5.41, 5.74) is 0.634. The van der Waals surface area contributed by atoms with Gasteiger partial charge in [0.25, 0.3) is 5.91 Å². The molecule has 1 rings (SSSR count). The van der Waals surface area contributed by atoms with Crippen LogP contribution in [0.3, 0.4) is 0 Å². The van der Waals surface area contributed by atoms with Gasteiger partial charge in [0.15, 0.2) is 0 Å². The lowest BCUT2D eigenvalue weighted by molar-refractivity contribution is -0.143. The van der Waals surface area contributed by atoms with Crippen LogP contribution in [0.5, 0.6) is 0 Å². The number of nitrogens with zero attached hydrogens (tertiary/aromatic N) is 1. The Morgan fingerprint density at radius 1 is 1.25 bits per heavy atom. The maximum atomic E-state index is 12.4. The van der Waals surface area contributed by atoms with Gasteiger partial charge < -0.3 is 15.4 Å². The van der Waals surface area contributed by atoms with Crippen LogP contribution in [0.1, 0.15) is 43.0 Å². The zero-order chi connectivity index (χ0) is 17.9. The van der Waals surface area contributed by atoms with Crippen molar-refractivity contribution in [3.63, 3.8) is 0 Å².